The Balaban J connectivity index is 2.87. The zero-order chi connectivity index (χ0) is 13.8. The molecule has 0 heterocycles. The summed E-state index contributed by atoms with van der Waals surface area (Å²) in [5.74, 6) is -2.83. The topological polar surface area (TPSA) is 121 Å². The molecule has 0 aromatic heterocycles. The molecule has 0 aliphatic heterocycles. The van der Waals surface area contributed by atoms with E-state index in [1.54, 1.807) is 30.3 Å². The van der Waals surface area contributed by atoms with Crippen molar-refractivity contribution < 1.29 is 24.9 Å². The van der Waals surface area contributed by atoms with Gasteiger partial charge in [0.15, 0.2) is 5.60 Å². The van der Waals surface area contributed by atoms with Gasteiger partial charge in [0, 0.05) is 12.8 Å². The number of rotatable bonds is 6. The molecule has 5 N–H and O–H groups in total. The summed E-state index contributed by atoms with van der Waals surface area (Å²) in [5.41, 5.74) is 3.69. The van der Waals surface area contributed by atoms with E-state index in [9.17, 15) is 14.7 Å². The van der Waals surface area contributed by atoms with Crippen molar-refractivity contribution in [1.82, 2.24) is 0 Å². The fourth-order valence-corrected chi connectivity index (χ4v) is 1.62. The van der Waals surface area contributed by atoms with E-state index in [0.717, 1.165) is 0 Å². The molecule has 0 amide bonds. The monoisotopic (exact) mass is 253 g/mol. The van der Waals surface area contributed by atoms with E-state index in [4.69, 9.17) is 15.9 Å². The van der Waals surface area contributed by atoms with Gasteiger partial charge in [-0.25, -0.2) is 4.79 Å². The lowest BCUT2D eigenvalue weighted by molar-refractivity contribution is -0.160. The number of carbonyl (C=O) groups is 2. The predicted octanol–water partition coefficient (Wildman–Crippen LogP) is -0.153. The molecule has 6 nitrogen and oxygen atoms in total. The highest BCUT2D eigenvalue weighted by Crippen LogP contribution is 2.19. The molecule has 0 saturated heterocycles. The van der Waals surface area contributed by atoms with Crippen LogP contribution in [0.25, 0.3) is 0 Å². The van der Waals surface area contributed by atoms with E-state index < -0.39 is 30.0 Å². The Hall–Kier alpha value is -1.92. The molecular formula is C12H15NO5. The standard InChI is InChI=1S/C12H15NO5/c13-9(10(14)15)7-12(18,11(16)17)6-8-4-2-1-3-5-8/h1-5,9,18H,6-7,13H2,(H,14,15)(H,16,17)/t9-,12+/m1/s1. The number of aliphatic hydroxyl groups is 1. The summed E-state index contributed by atoms with van der Waals surface area (Å²) < 4.78 is 0. The summed E-state index contributed by atoms with van der Waals surface area (Å²) >= 11 is 0. The third kappa shape index (κ3) is 3.54. The van der Waals surface area contributed by atoms with Gasteiger partial charge in [0.25, 0.3) is 0 Å². The smallest absolute Gasteiger partial charge is 0.336 e. The second-order valence-corrected chi connectivity index (χ2v) is 4.15. The maximum Gasteiger partial charge on any atom is 0.336 e. The van der Waals surface area contributed by atoms with Gasteiger partial charge in [0.1, 0.15) is 6.04 Å². The Labute approximate surface area is 104 Å². The summed E-state index contributed by atoms with van der Waals surface area (Å²) in [6.07, 6.45) is -0.739. The highest BCUT2D eigenvalue weighted by molar-refractivity contribution is 5.80. The second-order valence-electron chi connectivity index (χ2n) is 4.15. The highest BCUT2D eigenvalue weighted by atomic mass is 16.4. The van der Waals surface area contributed by atoms with Gasteiger partial charge < -0.3 is 21.1 Å². The number of hydrogen-bond donors (Lipinski definition) is 4. The first-order valence-electron chi connectivity index (χ1n) is 5.33. The average molecular weight is 253 g/mol. The quantitative estimate of drug-likeness (QED) is 0.559. The van der Waals surface area contributed by atoms with Crippen molar-refractivity contribution >= 4 is 11.9 Å². The maximum atomic E-state index is 11.1. The van der Waals surface area contributed by atoms with Crippen molar-refractivity contribution in [2.45, 2.75) is 24.5 Å². The summed E-state index contributed by atoms with van der Waals surface area (Å²) in [6, 6.07) is 7.05. The summed E-state index contributed by atoms with van der Waals surface area (Å²) in [4.78, 5) is 21.7. The molecule has 18 heavy (non-hydrogen) atoms. The lowest BCUT2D eigenvalue weighted by atomic mass is 9.88. The van der Waals surface area contributed by atoms with Crippen LogP contribution in [0.1, 0.15) is 12.0 Å². The third-order valence-electron chi connectivity index (χ3n) is 2.61. The summed E-state index contributed by atoms with van der Waals surface area (Å²) in [7, 11) is 0. The van der Waals surface area contributed by atoms with Crippen molar-refractivity contribution in [3.63, 3.8) is 0 Å². The molecule has 0 aliphatic rings. The fraction of sp³-hybridized carbons (Fsp3) is 0.333. The Morgan fingerprint density at radius 3 is 2.22 bits per heavy atom. The SMILES string of the molecule is N[C@H](C[C@@](O)(Cc1ccccc1)C(=O)O)C(=O)O. The molecule has 1 aromatic carbocycles. The van der Waals surface area contributed by atoms with Gasteiger partial charge in [-0.05, 0) is 5.56 Å². The number of carboxylic acids is 2. The minimum Gasteiger partial charge on any atom is -0.480 e. The van der Waals surface area contributed by atoms with Gasteiger partial charge in [-0.15, -0.1) is 0 Å². The van der Waals surface area contributed by atoms with Gasteiger partial charge in [-0.1, -0.05) is 30.3 Å². The van der Waals surface area contributed by atoms with Crippen LogP contribution in [0, 0.1) is 0 Å². The number of hydrogen-bond acceptors (Lipinski definition) is 4. The normalized spacial score (nSPS) is 15.7. The second kappa shape index (κ2) is 5.61. The Morgan fingerprint density at radius 1 is 1.22 bits per heavy atom. The molecule has 2 atom stereocenters. The largest absolute Gasteiger partial charge is 0.480 e. The van der Waals surface area contributed by atoms with Crippen molar-refractivity contribution in [3.05, 3.63) is 35.9 Å². The molecule has 0 unspecified atom stereocenters. The molecule has 0 radical (unpaired) electrons. The number of benzene rings is 1. The van der Waals surface area contributed by atoms with Gasteiger partial charge in [-0.3, -0.25) is 4.79 Å². The van der Waals surface area contributed by atoms with E-state index in [2.05, 4.69) is 0 Å². The van der Waals surface area contributed by atoms with Crippen LogP contribution in [-0.4, -0.2) is 38.9 Å². The van der Waals surface area contributed by atoms with Gasteiger partial charge in [-0.2, -0.15) is 0 Å². The third-order valence-corrected chi connectivity index (χ3v) is 2.61. The molecule has 1 aromatic rings. The Kier molecular flexibility index (Phi) is 4.41. The van der Waals surface area contributed by atoms with Gasteiger partial charge in [0.05, 0.1) is 0 Å². The van der Waals surface area contributed by atoms with E-state index in [1.807, 2.05) is 0 Å². The van der Waals surface area contributed by atoms with Crippen LogP contribution in [0.15, 0.2) is 30.3 Å². The van der Waals surface area contributed by atoms with Crippen LogP contribution in [0.5, 0.6) is 0 Å². The van der Waals surface area contributed by atoms with Crippen molar-refractivity contribution in [2.24, 2.45) is 5.73 Å². The lowest BCUT2D eigenvalue weighted by Crippen LogP contribution is -2.48. The Morgan fingerprint density at radius 2 is 1.78 bits per heavy atom. The minimum absolute atomic E-state index is 0.190. The van der Waals surface area contributed by atoms with Crippen LogP contribution in [0.4, 0.5) is 0 Å². The Bertz CT molecular complexity index is 433. The molecule has 0 aliphatic carbocycles. The predicted molar refractivity (Wildman–Crippen MR) is 63.0 cm³/mol. The summed E-state index contributed by atoms with van der Waals surface area (Å²) in [6.45, 7) is 0. The zero-order valence-corrected chi connectivity index (χ0v) is 9.61. The average Bonchev–Trinajstić information content (AvgIpc) is 2.29. The van der Waals surface area contributed by atoms with Crippen molar-refractivity contribution in [3.8, 4) is 0 Å². The highest BCUT2D eigenvalue weighted by Gasteiger charge is 2.39. The van der Waals surface area contributed by atoms with Crippen molar-refractivity contribution in [1.29, 1.82) is 0 Å². The van der Waals surface area contributed by atoms with Crippen LogP contribution in [-0.2, 0) is 16.0 Å². The van der Waals surface area contributed by atoms with E-state index in [0.29, 0.717) is 5.56 Å². The van der Waals surface area contributed by atoms with Crippen LogP contribution < -0.4 is 5.73 Å². The number of carboxylic acid groups (broad SMARTS) is 2. The molecular weight excluding hydrogens is 238 g/mol. The van der Waals surface area contributed by atoms with Crippen molar-refractivity contribution in [2.75, 3.05) is 0 Å². The molecule has 0 fully saturated rings. The molecule has 0 saturated carbocycles. The first-order valence-corrected chi connectivity index (χ1v) is 5.33. The number of aliphatic carboxylic acids is 2. The number of nitrogens with two attached hydrogens (primary N) is 1. The minimum atomic E-state index is -2.18. The molecule has 98 valence electrons. The van der Waals surface area contributed by atoms with Gasteiger partial charge in [0.2, 0.25) is 0 Å². The van der Waals surface area contributed by atoms with E-state index in [-0.39, 0.29) is 6.42 Å². The lowest BCUT2D eigenvalue weighted by Gasteiger charge is -2.25. The molecule has 0 spiro atoms. The fourth-order valence-electron chi connectivity index (χ4n) is 1.62. The first kappa shape index (κ1) is 14.1. The first-order chi connectivity index (χ1) is 8.35. The van der Waals surface area contributed by atoms with E-state index in [1.165, 1.54) is 0 Å². The molecule has 6 heteroatoms. The van der Waals surface area contributed by atoms with Crippen LogP contribution in [0.2, 0.25) is 0 Å². The maximum absolute atomic E-state index is 11.1. The van der Waals surface area contributed by atoms with Crippen LogP contribution >= 0.6 is 0 Å². The van der Waals surface area contributed by atoms with E-state index >= 15 is 0 Å². The molecule has 0 bridgehead atoms. The summed E-state index contributed by atoms with van der Waals surface area (Å²) in [5, 5.41) is 27.7. The zero-order valence-electron chi connectivity index (χ0n) is 9.61. The van der Waals surface area contributed by atoms with Gasteiger partial charge >= 0.3 is 11.9 Å². The van der Waals surface area contributed by atoms with Crippen LogP contribution in [0.3, 0.4) is 0 Å². The molecule has 1 rings (SSSR count).